The van der Waals surface area contributed by atoms with Crippen LogP contribution in [-0.4, -0.2) is 27.3 Å². The quantitative estimate of drug-likeness (QED) is 0.788. The molecule has 0 aliphatic carbocycles. The van der Waals surface area contributed by atoms with Gasteiger partial charge in [-0.05, 0) is 29.5 Å². The molecule has 1 aromatic carbocycles. The number of aryl methyl sites for hydroxylation is 1. The number of ether oxygens (including phenoxy) is 1. The molecule has 0 unspecified atom stereocenters. The van der Waals surface area contributed by atoms with Gasteiger partial charge in [-0.2, -0.15) is 10.1 Å². The van der Waals surface area contributed by atoms with E-state index in [1.807, 2.05) is 30.3 Å². The Morgan fingerprint density at radius 2 is 2.12 bits per heavy atom. The van der Waals surface area contributed by atoms with Crippen molar-refractivity contribution in [2.45, 2.75) is 13.0 Å². The summed E-state index contributed by atoms with van der Waals surface area (Å²) >= 11 is 0. The highest BCUT2D eigenvalue weighted by Gasteiger charge is 2.05. The van der Waals surface area contributed by atoms with Crippen LogP contribution in [0.3, 0.4) is 0 Å². The van der Waals surface area contributed by atoms with E-state index in [9.17, 15) is 0 Å². The molecule has 6 heteroatoms. The monoisotopic (exact) mass is 229 g/mol. The van der Waals surface area contributed by atoms with Gasteiger partial charge in [0.25, 0.3) is 0 Å². The highest BCUT2D eigenvalue weighted by Crippen LogP contribution is 2.18. The van der Waals surface area contributed by atoms with Gasteiger partial charge in [0.2, 0.25) is 5.82 Å². The van der Waals surface area contributed by atoms with Gasteiger partial charge in [0.1, 0.15) is 5.75 Å². The molecular weight excluding hydrogens is 218 g/mol. The summed E-state index contributed by atoms with van der Waals surface area (Å²) in [6.45, 7) is 0.458. The second-order valence-corrected chi connectivity index (χ2v) is 3.35. The van der Waals surface area contributed by atoms with Crippen molar-refractivity contribution in [1.29, 1.82) is 5.26 Å². The number of hydrogen-bond donors (Lipinski definition) is 0. The molecule has 0 amide bonds. The third-order valence-electron chi connectivity index (χ3n) is 2.22. The minimum absolute atomic E-state index is 0.373. The summed E-state index contributed by atoms with van der Waals surface area (Å²) in [6.07, 6.45) is 0.373. The van der Waals surface area contributed by atoms with Crippen LogP contribution in [0, 0.1) is 11.3 Å². The Balaban J connectivity index is 2.16. The number of nitrogens with zero attached hydrogens (tertiary/aromatic N) is 5. The molecular formula is C11H11N5O. The highest BCUT2D eigenvalue weighted by atomic mass is 16.5. The Kier molecular flexibility index (Phi) is 3.31. The number of benzene rings is 1. The summed E-state index contributed by atoms with van der Waals surface area (Å²) in [6, 6.07) is 9.44. The van der Waals surface area contributed by atoms with E-state index in [1.165, 1.54) is 4.80 Å². The van der Waals surface area contributed by atoms with Crippen molar-refractivity contribution in [3.05, 3.63) is 24.3 Å². The Labute approximate surface area is 98.4 Å². The van der Waals surface area contributed by atoms with E-state index in [1.54, 1.807) is 7.11 Å². The first-order chi connectivity index (χ1) is 8.33. The van der Waals surface area contributed by atoms with E-state index in [2.05, 4.69) is 15.4 Å². The molecule has 1 heterocycles. The molecule has 0 atom stereocenters. The molecule has 6 nitrogen and oxygen atoms in total. The number of tetrazole rings is 1. The topological polar surface area (TPSA) is 76.6 Å². The van der Waals surface area contributed by atoms with Crippen molar-refractivity contribution in [2.24, 2.45) is 0 Å². The first-order valence-electron chi connectivity index (χ1n) is 5.12. The average molecular weight is 229 g/mol. The van der Waals surface area contributed by atoms with Gasteiger partial charge >= 0.3 is 0 Å². The largest absolute Gasteiger partial charge is 0.497 e. The van der Waals surface area contributed by atoms with Crippen molar-refractivity contribution >= 4 is 0 Å². The molecule has 2 rings (SSSR count). The third-order valence-corrected chi connectivity index (χ3v) is 2.22. The molecule has 0 aliphatic heterocycles. The maximum atomic E-state index is 8.46. The summed E-state index contributed by atoms with van der Waals surface area (Å²) in [7, 11) is 1.62. The van der Waals surface area contributed by atoms with Gasteiger partial charge in [-0.3, -0.25) is 0 Å². The number of aromatic nitrogens is 4. The summed E-state index contributed by atoms with van der Waals surface area (Å²) in [5.74, 6) is 1.33. The van der Waals surface area contributed by atoms with Crippen LogP contribution in [0.1, 0.15) is 6.42 Å². The van der Waals surface area contributed by atoms with Gasteiger partial charge in [0.05, 0.1) is 26.1 Å². The fourth-order valence-electron chi connectivity index (χ4n) is 1.34. The Bertz CT molecular complexity index is 526. The van der Waals surface area contributed by atoms with Crippen LogP contribution in [0.15, 0.2) is 24.3 Å². The van der Waals surface area contributed by atoms with Gasteiger partial charge in [-0.1, -0.05) is 0 Å². The fourth-order valence-corrected chi connectivity index (χ4v) is 1.34. The Morgan fingerprint density at radius 1 is 1.35 bits per heavy atom. The van der Waals surface area contributed by atoms with Crippen molar-refractivity contribution in [3.8, 4) is 23.2 Å². The van der Waals surface area contributed by atoms with Gasteiger partial charge in [0, 0.05) is 5.56 Å². The molecule has 0 N–H and O–H groups in total. The lowest BCUT2D eigenvalue weighted by Crippen LogP contribution is -2.01. The van der Waals surface area contributed by atoms with Crippen LogP contribution in [-0.2, 0) is 6.54 Å². The van der Waals surface area contributed by atoms with Crippen molar-refractivity contribution < 1.29 is 4.74 Å². The molecule has 0 aliphatic rings. The minimum atomic E-state index is 0.373. The maximum Gasteiger partial charge on any atom is 0.204 e. The molecule has 1 aromatic heterocycles. The predicted octanol–water partition coefficient (Wildman–Crippen LogP) is 1.26. The summed E-state index contributed by atoms with van der Waals surface area (Å²) in [4.78, 5) is 1.42. The lowest BCUT2D eigenvalue weighted by atomic mass is 10.2. The summed E-state index contributed by atoms with van der Waals surface area (Å²) in [5, 5.41) is 20.4. The summed E-state index contributed by atoms with van der Waals surface area (Å²) in [5.41, 5.74) is 0.869. The van der Waals surface area contributed by atoms with E-state index < -0.39 is 0 Å². The minimum Gasteiger partial charge on any atom is -0.497 e. The van der Waals surface area contributed by atoms with E-state index in [-0.39, 0.29) is 0 Å². The van der Waals surface area contributed by atoms with Gasteiger partial charge < -0.3 is 4.74 Å². The third kappa shape index (κ3) is 2.58. The average Bonchev–Trinajstić information content (AvgIpc) is 2.85. The van der Waals surface area contributed by atoms with Crippen molar-refractivity contribution in [2.75, 3.05) is 7.11 Å². The molecule has 0 radical (unpaired) electrons. The Hall–Kier alpha value is -2.42. The first-order valence-corrected chi connectivity index (χ1v) is 5.12. The second-order valence-electron chi connectivity index (χ2n) is 3.35. The highest BCUT2D eigenvalue weighted by molar-refractivity contribution is 5.55. The molecule has 86 valence electrons. The number of methoxy groups -OCH3 is 1. The zero-order valence-corrected chi connectivity index (χ0v) is 9.37. The van der Waals surface area contributed by atoms with Crippen LogP contribution < -0.4 is 4.74 Å². The number of nitriles is 1. The smallest absolute Gasteiger partial charge is 0.204 e. The van der Waals surface area contributed by atoms with Crippen LogP contribution in [0.25, 0.3) is 11.4 Å². The van der Waals surface area contributed by atoms with Crippen LogP contribution in [0.5, 0.6) is 5.75 Å². The fraction of sp³-hybridized carbons (Fsp3) is 0.273. The maximum absolute atomic E-state index is 8.46. The first kappa shape index (κ1) is 11.1. The van der Waals surface area contributed by atoms with Gasteiger partial charge in [0.15, 0.2) is 0 Å². The standard InChI is InChI=1S/C11H11N5O/c1-17-10-5-3-9(4-6-10)11-13-15-16(14-11)8-2-7-12/h3-6H,2,8H2,1H3. The van der Waals surface area contributed by atoms with Gasteiger partial charge in [-0.25, -0.2) is 0 Å². The lowest BCUT2D eigenvalue weighted by Gasteiger charge is -1.99. The molecule has 0 saturated heterocycles. The van der Waals surface area contributed by atoms with Crippen molar-refractivity contribution in [1.82, 2.24) is 20.2 Å². The molecule has 0 saturated carbocycles. The second kappa shape index (κ2) is 5.07. The Morgan fingerprint density at radius 3 is 2.76 bits per heavy atom. The van der Waals surface area contributed by atoms with Crippen LogP contribution >= 0.6 is 0 Å². The number of rotatable bonds is 4. The van der Waals surface area contributed by atoms with Crippen molar-refractivity contribution in [3.63, 3.8) is 0 Å². The molecule has 0 fully saturated rings. The normalized spacial score (nSPS) is 9.88. The molecule has 2 aromatic rings. The predicted molar refractivity (Wildman–Crippen MR) is 60.0 cm³/mol. The zero-order chi connectivity index (χ0) is 12.1. The van der Waals surface area contributed by atoms with E-state index in [0.717, 1.165) is 11.3 Å². The zero-order valence-electron chi connectivity index (χ0n) is 9.37. The number of hydrogen-bond acceptors (Lipinski definition) is 5. The van der Waals surface area contributed by atoms with E-state index in [4.69, 9.17) is 10.00 Å². The molecule has 17 heavy (non-hydrogen) atoms. The van der Waals surface area contributed by atoms with Crippen LogP contribution in [0.4, 0.5) is 0 Å². The van der Waals surface area contributed by atoms with E-state index in [0.29, 0.717) is 18.8 Å². The molecule has 0 bridgehead atoms. The molecule has 0 spiro atoms. The summed E-state index contributed by atoms with van der Waals surface area (Å²) < 4.78 is 5.07. The van der Waals surface area contributed by atoms with E-state index >= 15 is 0 Å². The lowest BCUT2D eigenvalue weighted by molar-refractivity contribution is 0.415. The SMILES string of the molecule is COc1ccc(-c2nnn(CCC#N)n2)cc1. The van der Waals surface area contributed by atoms with Gasteiger partial charge in [-0.15, -0.1) is 10.2 Å². The van der Waals surface area contributed by atoms with Crippen LogP contribution in [0.2, 0.25) is 0 Å².